The molecule has 0 atom stereocenters. The van der Waals surface area contributed by atoms with E-state index in [9.17, 15) is 9.59 Å². The predicted octanol–water partition coefficient (Wildman–Crippen LogP) is 4.14. The lowest BCUT2D eigenvalue weighted by molar-refractivity contribution is -0.114. The van der Waals surface area contributed by atoms with Gasteiger partial charge < -0.3 is 15.4 Å². The topological polar surface area (TPSA) is 67.4 Å². The molecule has 0 aliphatic heterocycles. The van der Waals surface area contributed by atoms with Crippen molar-refractivity contribution in [3.63, 3.8) is 0 Å². The van der Waals surface area contributed by atoms with Crippen molar-refractivity contribution >= 4 is 46.5 Å². The minimum atomic E-state index is -0.478. The maximum atomic E-state index is 12.0. The molecule has 0 aromatic heterocycles. The van der Waals surface area contributed by atoms with Crippen molar-refractivity contribution < 1.29 is 14.3 Å². The molecule has 0 unspecified atom stereocenters. The molecule has 126 valence electrons. The third-order valence-electron chi connectivity index (χ3n) is 3.28. The first-order chi connectivity index (χ1) is 11.4. The molecule has 0 radical (unpaired) electrons. The minimum absolute atomic E-state index is 0.0180. The number of carbonyl (C=O) groups excluding carboxylic acids is 2. The van der Waals surface area contributed by atoms with Gasteiger partial charge in [0.1, 0.15) is 0 Å². The van der Waals surface area contributed by atoms with Crippen LogP contribution in [0.25, 0.3) is 0 Å². The van der Waals surface area contributed by atoms with Crippen LogP contribution in [0.2, 0.25) is 10.0 Å². The number of halogens is 2. The standard InChI is InChI=1S/C17H16Cl2N2O3/c1-10-3-5-12(8-14(10)19)21-16(22)9-20-15-7-11(17(23)24-2)4-6-13(15)18/h3-8,20H,9H2,1-2H3,(H,21,22). The fourth-order valence-electron chi connectivity index (χ4n) is 1.96. The van der Waals surface area contributed by atoms with Gasteiger partial charge in [-0.25, -0.2) is 4.79 Å². The largest absolute Gasteiger partial charge is 0.465 e. The third kappa shape index (κ3) is 4.63. The Kier molecular flexibility index (Phi) is 6.06. The van der Waals surface area contributed by atoms with Gasteiger partial charge >= 0.3 is 5.97 Å². The Morgan fingerprint density at radius 2 is 1.83 bits per heavy atom. The van der Waals surface area contributed by atoms with Crippen LogP contribution in [0, 0.1) is 6.92 Å². The maximum Gasteiger partial charge on any atom is 0.337 e. The second-order valence-electron chi connectivity index (χ2n) is 5.05. The van der Waals surface area contributed by atoms with Crippen molar-refractivity contribution in [2.75, 3.05) is 24.3 Å². The normalized spacial score (nSPS) is 10.2. The molecule has 0 fully saturated rings. The van der Waals surface area contributed by atoms with Crippen molar-refractivity contribution in [2.45, 2.75) is 6.92 Å². The fraction of sp³-hybridized carbons (Fsp3) is 0.176. The highest BCUT2D eigenvalue weighted by Gasteiger charge is 2.10. The van der Waals surface area contributed by atoms with Gasteiger partial charge in [-0.2, -0.15) is 0 Å². The first kappa shape index (κ1) is 18.1. The molecule has 0 heterocycles. The van der Waals surface area contributed by atoms with E-state index in [1.165, 1.54) is 13.2 Å². The summed E-state index contributed by atoms with van der Waals surface area (Å²) in [6.45, 7) is 1.86. The molecule has 2 aromatic rings. The number of rotatable bonds is 5. The summed E-state index contributed by atoms with van der Waals surface area (Å²) in [5.41, 5.74) is 2.35. The maximum absolute atomic E-state index is 12.0. The van der Waals surface area contributed by atoms with Crippen molar-refractivity contribution in [1.29, 1.82) is 0 Å². The number of methoxy groups -OCH3 is 1. The molecule has 7 heteroatoms. The molecule has 0 spiro atoms. The van der Waals surface area contributed by atoms with E-state index in [1.807, 2.05) is 13.0 Å². The number of aryl methyl sites for hydroxylation is 1. The van der Waals surface area contributed by atoms with Gasteiger partial charge in [0.15, 0.2) is 0 Å². The van der Waals surface area contributed by atoms with E-state index >= 15 is 0 Å². The van der Waals surface area contributed by atoms with Crippen LogP contribution in [0.1, 0.15) is 15.9 Å². The number of amides is 1. The Morgan fingerprint density at radius 3 is 2.50 bits per heavy atom. The second kappa shape index (κ2) is 8.04. The van der Waals surface area contributed by atoms with E-state index < -0.39 is 5.97 Å². The number of ether oxygens (including phenoxy) is 1. The van der Waals surface area contributed by atoms with Gasteiger partial charge in [-0.15, -0.1) is 0 Å². The molecule has 2 N–H and O–H groups in total. The summed E-state index contributed by atoms with van der Waals surface area (Å²) in [6, 6.07) is 9.91. The summed E-state index contributed by atoms with van der Waals surface area (Å²) in [4.78, 5) is 23.5. The van der Waals surface area contributed by atoms with Crippen LogP contribution in [0.5, 0.6) is 0 Å². The van der Waals surface area contributed by atoms with Crippen LogP contribution in [-0.4, -0.2) is 25.5 Å². The number of hydrogen-bond acceptors (Lipinski definition) is 4. The molecule has 2 aromatic carbocycles. The lowest BCUT2D eigenvalue weighted by Crippen LogP contribution is -2.22. The zero-order valence-corrected chi connectivity index (χ0v) is 14.7. The number of nitrogens with one attached hydrogen (secondary N) is 2. The lowest BCUT2D eigenvalue weighted by Gasteiger charge is -2.11. The van der Waals surface area contributed by atoms with Crippen molar-refractivity contribution in [3.05, 3.63) is 57.6 Å². The molecular formula is C17H16Cl2N2O3. The first-order valence-electron chi connectivity index (χ1n) is 7.08. The third-order valence-corrected chi connectivity index (χ3v) is 4.02. The molecular weight excluding hydrogens is 351 g/mol. The van der Waals surface area contributed by atoms with E-state index in [1.54, 1.807) is 24.3 Å². The van der Waals surface area contributed by atoms with Crippen molar-refractivity contribution in [3.8, 4) is 0 Å². The highest BCUT2D eigenvalue weighted by atomic mass is 35.5. The molecule has 0 bridgehead atoms. The van der Waals surface area contributed by atoms with E-state index in [0.717, 1.165) is 5.56 Å². The smallest absolute Gasteiger partial charge is 0.337 e. The van der Waals surface area contributed by atoms with Crippen molar-refractivity contribution in [2.24, 2.45) is 0 Å². The monoisotopic (exact) mass is 366 g/mol. The van der Waals surface area contributed by atoms with Gasteiger partial charge in [0.2, 0.25) is 5.91 Å². The van der Waals surface area contributed by atoms with Gasteiger partial charge in [0, 0.05) is 10.7 Å². The average molecular weight is 367 g/mol. The Hall–Kier alpha value is -2.24. The van der Waals surface area contributed by atoms with Crippen LogP contribution < -0.4 is 10.6 Å². The van der Waals surface area contributed by atoms with Gasteiger partial charge in [0.05, 0.1) is 29.9 Å². The molecule has 0 aliphatic carbocycles. The molecule has 0 saturated carbocycles. The van der Waals surface area contributed by atoms with E-state index in [-0.39, 0.29) is 12.5 Å². The number of benzene rings is 2. The number of anilines is 2. The lowest BCUT2D eigenvalue weighted by atomic mass is 10.2. The van der Waals surface area contributed by atoms with Crippen LogP contribution >= 0.6 is 23.2 Å². The Labute approximate surface area is 149 Å². The summed E-state index contributed by atoms with van der Waals surface area (Å²) < 4.78 is 4.65. The fourth-order valence-corrected chi connectivity index (χ4v) is 2.32. The SMILES string of the molecule is COC(=O)c1ccc(Cl)c(NCC(=O)Nc2ccc(C)c(Cl)c2)c1. The van der Waals surface area contributed by atoms with E-state index in [4.69, 9.17) is 23.2 Å². The molecule has 5 nitrogen and oxygen atoms in total. The Morgan fingerprint density at radius 1 is 1.08 bits per heavy atom. The summed E-state index contributed by atoms with van der Waals surface area (Å²) in [6.07, 6.45) is 0. The number of carbonyl (C=O) groups is 2. The molecule has 1 amide bonds. The summed E-state index contributed by atoms with van der Waals surface area (Å²) >= 11 is 12.1. The average Bonchev–Trinajstić information content (AvgIpc) is 2.56. The van der Waals surface area contributed by atoms with Crippen LogP contribution in [0.4, 0.5) is 11.4 Å². The van der Waals surface area contributed by atoms with Crippen LogP contribution in [0.3, 0.4) is 0 Å². The predicted molar refractivity (Wildman–Crippen MR) is 96.1 cm³/mol. The summed E-state index contributed by atoms with van der Waals surface area (Å²) in [5.74, 6) is -0.747. The quantitative estimate of drug-likeness (QED) is 0.780. The Bertz CT molecular complexity index is 778. The van der Waals surface area contributed by atoms with Gasteiger partial charge in [0.25, 0.3) is 0 Å². The molecule has 24 heavy (non-hydrogen) atoms. The summed E-state index contributed by atoms with van der Waals surface area (Å²) in [5, 5.41) is 6.60. The second-order valence-corrected chi connectivity index (χ2v) is 5.87. The van der Waals surface area contributed by atoms with Crippen molar-refractivity contribution in [1.82, 2.24) is 0 Å². The van der Waals surface area contributed by atoms with Crippen LogP contribution in [-0.2, 0) is 9.53 Å². The highest BCUT2D eigenvalue weighted by Crippen LogP contribution is 2.23. The van der Waals surface area contributed by atoms with Gasteiger partial charge in [-0.05, 0) is 42.8 Å². The van der Waals surface area contributed by atoms with Crippen LogP contribution in [0.15, 0.2) is 36.4 Å². The van der Waals surface area contributed by atoms with Gasteiger partial charge in [-0.3, -0.25) is 4.79 Å². The van der Waals surface area contributed by atoms with Gasteiger partial charge in [-0.1, -0.05) is 29.3 Å². The number of esters is 1. The molecule has 0 aliphatic rings. The molecule has 0 saturated heterocycles. The zero-order valence-electron chi connectivity index (χ0n) is 13.2. The summed E-state index contributed by atoms with van der Waals surface area (Å²) in [7, 11) is 1.30. The Balaban J connectivity index is 2.00. The van der Waals surface area contributed by atoms with E-state index in [2.05, 4.69) is 15.4 Å². The van der Waals surface area contributed by atoms with E-state index in [0.29, 0.717) is 27.0 Å². The first-order valence-corrected chi connectivity index (χ1v) is 7.84. The molecule has 2 rings (SSSR count). The minimum Gasteiger partial charge on any atom is -0.465 e. The zero-order chi connectivity index (χ0) is 17.7. The number of hydrogen-bond donors (Lipinski definition) is 2. The highest BCUT2D eigenvalue weighted by molar-refractivity contribution is 6.33.